The first kappa shape index (κ1) is 16.5. The summed E-state index contributed by atoms with van der Waals surface area (Å²) >= 11 is 0. The zero-order chi connectivity index (χ0) is 15.5. The normalized spacial score (nSPS) is 21.2. The highest BCUT2D eigenvalue weighted by molar-refractivity contribution is 7.89. The number of rotatable bonds is 4. The lowest BCUT2D eigenvalue weighted by molar-refractivity contribution is 0.280. The van der Waals surface area contributed by atoms with Crippen LogP contribution >= 0.6 is 0 Å². The van der Waals surface area contributed by atoms with Crippen LogP contribution in [0.1, 0.15) is 50.2 Å². The van der Waals surface area contributed by atoms with E-state index in [-0.39, 0.29) is 12.6 Å². The van der Waals surface area contributed by atoms with Crippen LogP contribution in [-0.4, -0.2) is 30.4 Å². The molecule has 0 radical (unpaired) electrons. The molecule has 2 rings (SSSR count). The van der Waals surface area contributed by atoms with Gasteiger partial charge in [-0.25, -0.2) is 8.42 Å². The van der Waals surface area contributed by atoms with Gasteiger partial charge >= 0.3 is 0 Å². The fourth-order valence-corrected chi connectivity index (χ4v) is 5.15. The molecule has 4 nitrogen and oxygen atoms in total. The maximum Gasteiger partial charge on any atom is 0.243 e. The van der Waals surface area contributed by atoms with Crippen molar-refractivity contribution in [2.24, 2.45) is 0 Å². The lowest BCUT2D eigenvalue weighted by Gasteiger charge is -2.29. The second-order valence-electron chi connectivity index (χ2n) is 5.73. The van der Waals surface area contributed by atoms with Gasteiger partial charge in [0.15, 0.2) is 0 Å². The van der Waals surface area contributed by atoms with Crippen LogP contribution in [0.15, 0.2) is 23.1 Å². The van der Waals surface area contributed by atoms with Crippen molar-refractivity contribution in [3.63, 3.8) is 0 Å². The zero-order valence-corrected chi connectivity index (χ0v) is 13.7. The molecule has 0 spiro atoms. The van der Waals surface area contributed by atoms with Crippen LogP contribution in [0, 0.1) is 6.92 Å². The van der Waals surface area contributed by atoms with E-state index in [0.29, 0.717) is 22.6 Å². The molecule has 21 heavy (non-hydrogen) atoms. The van der Waals surface area contributed by atoms with Crippen molar-refractivity contribution in [3.05, 3.63) is 29.3 Å². The van der Waals surface area contributed by atoms with Gasteiger partial charge in [-0.2, -0.15) is 4.31 Å². The van der Waals surface area contributed by atoms with Gasteiger partial charge in [-0.15, -0.1) is 0 Å². The van der Waals surface area contributed by atoms with E-state index in [1.807, 2.05) is 0 Å². The lowest BCUT2D eigenvalue weighted by Crippen LogP contribution is -2.39. The second-order valence-corrected chi connectivity index (χ2v) is 7.58. The summed E-state index contributed by atoms with van der Waals surface area (Å²) in [7, 11) is -3.49. The Labute approximate surface area is 127 Å². The number of nitrogens with zero attached hydrogens (tertiary/aromatic N) is 1. The summed E-state index contributed by atoms with van der Waals surface area (Å²) < 4.78 is 27.8. The molecule has 1 heterocycles. The average Bonchev–Trinajstić information content (AvgIpc) is 2.72. The summed E-state index contributed by atoms with van der Waals surface area (Å²) in [5, 5.41) is 9.35. The third-order valence-electron chi connectivity index (χ3n) is 4.45. The topological polar surface area (TPSA) is 57.6 Å². The molecule has 1 saturated heterocycles. The van der Waals surface area contributed by atoms with E-state index in [2.05, 4.69) is 6.92 Å². The Morgan fingerprint density at radius 2 is 2.05 bits per heavy atom. The average molecular weight is 311 g/mol. The molecule has 0 aromatic heterocycles. The monoisotopic (exact) mass is 311 g/mol. The van der Waals surface area contributed by atoms with Crippen LogP contribution in [0.25, 0.3) is 0 Å². The van der Waals surface area contributed by atoms with Crippen molar-refractivity contribution >= 4 is 10.0 Å². The van der Waals surface area contributed by atoms with E-state index in [4.69, 9.17) is 0 Å². The molecule has 118 valence electrons. The molecule has 0 aliphatic carbocycles. The van der Waals surface area contributed by atoms with Crippen molar-refractivity contribution in [2.45, 2.75) is 63.5 Å². The summed E-state index contributed by atoms with van der Waals surface area (Å²) in [6.07, 6.45) is 4.90. The Hall–Kier alpha value is -0.910. The van der Waals surface area contributed by atoms with E-state index in [9.17, 15) is 13.5 Å². The molecule has 0 bridgehead atoms. The van der Waals surface area contributed by atoms with Crippen molar-refractivity contribution in [3.8, 4) is 0 Å². The number of sulfonamides is 1. The molecule has 1 aromatic rings. The zero-order valence-electron chi connectivity index (χ0n) is 12.9. The molecule has 1 aromatic carbocycles. The Morgan fingerprint density at radius 3 is 2.71 bits per heavy atom. The minimum absolute atomic E-state index is 0.0923. The van der Waals surface area contributed by atoms with Gasteiger partial charge in [0.05, 0.1) is 11.5 Å². The molecule has 5 heteroatoms. The molecule has 0 amide bonds. The van der Waals surface area contributed by atoms with Crippen LogP contribution in [0.3, 0.4) is 0 Å². The van der Waals surface area contributed by atoms with Crippen molar-refractivity contribution in [1.82, 2.24) is 4.31 Å². The van der Waals surface area contributed by atoms with Gasteiger partial charge in [-0.1, -0.05) is 31.9 Å². The van der Waals surface area contributed by atoms with Crippen LogP contribution in [-0.2, 0) is 16.6 Å². The minimum Gasteiger partial charge on any atom is -0.392 e. The summed E-state index contributed by atoms with van der Waals surface area (Å²) in [5.41, 5.74) is 1.35. The van der Waals surface area contributed by atoms with E-state index in [1.54, 1.807) is 29.4 Å². The van der Waals surface area contributed by atoms with Crippen molar-refractivity contribution in [2.75, 3.05) is 6.54 Å². The van der Waals surface area contributed by atoms with Gasteiger partial charge in [0.2, 0.25) is 10.0 Å². The number of hydrogen-bond acceptors (Lipinski definition) is 3. The first-order valence-electron chi connectivity index (χ1n) is 7.73. The van der Waals surface area contributed by atoms with Crippen molar-refractivity contribution in [1.29, 1.82) is 0 Å². The molecule has 1 N–H and O–H groups in total. The van der Waals surface area contributed by atoms with E-state index in [1.165, 1.54) is 0 Å². The van der Waals surface area contributed by atoms with Crippen molar-refractivity contribution < 1.29 is 13.5 Å². The maximum atomic E-state index is 13.0. The number of benzene rings is 1. The predicted molar refractivity (Wildman–Crippen MR) is 83.5 cm³/mol. The molecule has 1 fully saturated rings. The molecule has 1 aliphatic rings. The first-order chi connectivity index (χ1) is 10.0. The molecule has 1 unspecified atom stereocenters. The van der Waals surface area contributed by atoms with Gasteiger partial charge in [0.1, 0.15) is 0 Å². The Kier molecular flexibility index (Phi) is 5.41. The summed E-state index contributed by atoms with van der Waals surface area (Å²) in [6.45, 7) is 4.29. The fourth-order valence-electron chi connectivity index (χ4n) is 3.11. The SMILES string of the molecule is CCC1CCCCCN1S(=O)(=O)c1cccc(CO)c1C. The van der Waals surface area contributed by atoms with Crippen LogP contribution < -0.4 is 0 Å². The Bertz CT molecular complexity index is 583. The molecule has 1 atom stereocenters. The first-order valence-corrected chi connectivity index (χ1v) is 9.17. The summed E-state index contributed by atoms with van der Waals surface area (Å²) in [4.78, 5) is 0.342. The van der Waals surface area contributed by atoms with Gasteiger partial charge in [-0.3, -0.25) is 0 Å². The number of hydrogen-bond donors (Lipinski definition) is 1. The number of aliphatic hydroxyl groups excluding tert-OH is 1. The predicted octanol–water partition coefficient (Wildman–Crippen LogP) is 2.83. The highest BCUT2D eigenvalue weighted by Gasteiger charge is 2.32. The van der Waals surface area contributed by atoms with E-state index < -0.39 is 10.0 Å². The van der Waals surface area contributed by atoms with Gasteiger partial charge in [0.25, 0.3) is 0 Å². The molecule has 0 saturated carbocycles. The minimum atomic E-state index is -3.49. The molecular weight excluding hydrogens is 286 g/mol. The van der Waals surface area contributed by atoms with E-state index >= 15 is 0 Å². The highest BCUT2D eigenvalue weighted by Crippen LogP contribution is 2.29. The van der Waals surface area contributed by atoms with Crippen LogP contribution in [0.4, 0.5) is 0 Å². The van der Waals surface area contributed by atoms with Crippen LogP contribution in [0.5, 0.6) is 0 Å². The van der Waals surface area contributed by atoms with E-state index in [0.717, 1.165) is 32.1 Å². The lowest BCUT2D eigenvalue weighted by atomic mass is 10.1. The standard InChI is InChI=1S/C16H25NO3S/c1-3-15-9-5-4-6-11-17(15)21(19,20)16-10-7-8-14(12-18)13(16)2/h7-8,10,15,18H,3-6,9,11-12H2,1-2H3. The highest BCUT2D eigenvalue weighted by atomic mass is 32.2. The van der Waals surface area contributed by atoms with Gasteiger partial charge in [-0.05, 0) is 43.4 Å². The smallest absolute Gasteiger partial charge is 0.243 e. The largest absolute Gasteiger partial charge is 0.392 e. The molecule has 1 aliphatic heterocycles. The second kappa shape index (κ2) is 6.90. The fraction of sp³-hybridized carbons (Fsp3) is 0.625. The molecular formula is C16H25NO3S. The quantitative estimate of drug-likeness (QED) is 0.930. The number of aliphatic hydroxyl groups is 1. The summed E-state index contributed by atoms with van der Waals surface area (Å²) in [5.74, 6) is 0. The third-order valence-corrected chi connectivity index (χ3v) is 6.54. The van der Waals surface area contributed by atoms with Crippen LogP contribution in [0.2, 0.25) is 0 Å². The third kappa shape index (κ3) is 3.30. The summed E-state index contributed by atoms with van der Waals surface area (Å²) in [6, 6.07) is 5.23. The Morgan fingerprint density at radius 1 is 1.29 bits per heavy atom. The Balaban J connectivity index is 2.45. The maximum absolute atomic E-state index is 13.0. The van der Waals surface area contributed by atoms with Gasteiger partial charge < -0.3 is 5.11 Å². The van der Waals surface area contributed by atoms with Gasteiger partial charge in [0, 0.05) is 12.6 Å².